The number of rotatable bonds is 3. The standard InChI is InChI=1S/C17H20N2O4/c1-10-15(20)18-13(8-11-6-4-3-5-7-11)14-9-12(17(22)23-2)16(21)19(10)14/h3-7,10,12-14H,8-9H2,1-2H3,(H,18,20)/t10-,12?,13-,14+/m0/s1. The van der Waals surface area contributed by atoms with E-state index in [1.807, 2.05) is 30.3 Å². The first-order valence-corrected chi connectivity index (χ1v) is 7.77. The quantitative estimate of drug-likeness (QED) is 0.651. The van der Waals surface area contributed by atoms with Crippen molar-refractivity contribution in [2.24, 2.45) is 5.92 Å². The fraction of sp³-hybridized carbons (Fsp3) is 0.471. The van der Waals surface area contributed by atoms with Crippen molar-refractivity contribution in [2.45, 2.75) is 37.9 Å². The summed E-state index contributed by atoms with van der Waals surface area (Å²) in [4.78, 5) is 38.2. The van der Waals surface area contributed by atoms with E-state index in [1.54, 1.807) is 11.8 Å². The zero-order chi connectivity index (χ0) is 16.6. The fourth-order valence-electron chi connectivity index (χ4n) is 3.56. The summed E-state index contributed by atoms with van der Waals surface area (Å²) in [6.07, 6.45) is 1.01. The van der Waals surface area contributed by atoms with Crippen molar-refractivity contribution in [3.63, 3.8) is 0 Å². The van der Waals surface area contributed by atoms with E-state index in [9.17, 15) is 14.4 Å². The maximum absolute atomic E-state index is 12.5. The Morgan fingerprint density at radius 2 is 2.00 bits per heavy atom. The van der Waals surface area contributed by atoms with Gasteiger partial charge in [-0.3, -0.25) is 14.4 Å². The number of fused-ring (bicyclic) bond motifs is 1. The summed E-state index contributed by atoms with van der Waals surface area (Å²) < 4.78 is 4.73. The van der Waals surface area contributed by atoms with Crippen LogP contribution in [0, 0.1) is 5.92 Å². The van der Waals surface area contributed by atoms with Crippen molar-refractivity contribution in [1.29, 1.82) is 0 Å². The first-order chi connectivity index (χ1) is 11.0. The van der Waals surface area contributed by atoms with Crippen LogP contribution >= 0.6 is 0 Å². The zero-order valence-corrected chi connectivity index (χ0v) is 13.2. The lowest BCUT2D eigenvalue weighted by atomic mass is 9.92. The number of hydrogen-bond acceptors (Lipinski definition) is 4. The predicted molar refractivity (Wildman–Crippen MR) is 82.3 cm³/mol. The number of hydrogen-bond donors (Lipinski definition) is 1. The Labute approximate surface area is 134 Å². The third-order valence-corrected chi connectivity index (χ3v) is 4.76. The van der Waals surface area contributed by atoms with E-state index in [1.165, 1.54) is 7.11 Å². The molecule has 4 atom stereocenters. The predicted octanol–water partition coefficient (Wildman–Crippen LogP) is 0.506. The summed E-state index contributed by atoms with van der Waals surface area (Å²) in [5, 5.41) is 3.00. The molecule has 6 nitrogen and oxygen atoms in total. The van der Waals surface area contributed by atoms with E-state index < -0.39 is 17.9 Å². The average Bonchev–Trinajstić information content (AvgIpc) is 2.90. The fourth-order valence-corrected chi connectivity index (χ4v) is 3.56. The molecule has 0 radical (unpaired) electrons. The number of esters is 1. The SMILES string of the molecule is COC(=O)C1C[C@@H]2[C@H](Cc3ccccc3)NC(=O)[C@H](C)N2C1=O. The van der Waals surface area contributed by atoms with Crippen LogP contribution in [0.1, 0.15) is 18.9 Å². The van der Waals surface area contributed by atoms with Crippen LogP contribution < -0.4 is 5.32 Å². The molecule has 0 aliphatic carbocycles. The highest BCUT2D eigenvalue weighted by Crippen LogP contribution is 2.33. The number of piperazine rings is 1. The van der Waals surface area contributed by atoms with Crippen molar-refractivity contribution in [3.8, 4) is 0 Å². The molecule has 1 aromatic carbocycles. The number of methoxy groups -OCH3 is 1. The average molecular weight is 316 g/mol. The van der Waals surface area contributed by atoms with Crippen LogP contribution in [0.15, 0.2) is 30.3 Å². The number of nitrogens with zero attached hydrogens (tertiary/aromatic N) is 1. The topological polar surface area (TPSA) is 75.7 Å². The summed E-state index contributed by atoms with van der Waals surface area (Å²) in [6, 6.07) is 8.86. The maximum Gasteiger partial charge on any atom is 0.318 e. The van der Waals surface area contributed by atoms with Crippen molar-refractivity contribution in [3.05, 3.63) is 35.9 Å². The van der Waals surface area contributed by atoms with Crippen LogP contribution in [0.2, 0.25) is 0 Å². The Morgan fingerprint density at radius 1 is 1.30 bits per heavy atom. The highest BCUT2D eigenvalue weighted by atomic mass is 16.5. The van der Waals surface area contributed by atoms with Crippen LogP contribution in [0.5, 0.6) is 0 Å². The van der Waals surface area contributed by atoms with Gasteiger partial charge in [-0.2, -0.15) is 0 Å². The van der Waals surface area contributed by atoms with Gasteiger partial charge in [-0.1, -0.05) is 30.3 Å². The van der Waals surface area contributed by atoms with E-state index >= 15 is 0 Å². The molecule has 0 spiro atoms. The third kappa shape index (κ3) is 2.69. The summed E-state index contributed by atoms with van der Waals surface area (Å²) in [7, 11) is 1.28. The largest absolute Gasteiger partial charge is 0.468 e. The second-order valence-electron chi connectivity index (χ2n) is 6.11. The van der Waals surface area contributed by atoms with Crippen LogP contribution in [-0.2, 0) is 25.5 Å². The van der Waals surface area contributed by atoms with Gasteiger partial charge >= 0.3 is 5.97 Å². The maximum atomic E-state index is 12.5. The number of amides is 2. The van der Waals surface area contributed by atoms with Gasteiger partial charge in [0, 0.05) is 0 Å². The number of nitrogens with one attached hydrogen (secondary N) is 1. The molecule has 23 heavy (non-hydrogen) atoms. The molecule has 2 saturated heterocycles. The van der Waals surface area contributed by atoms with Gasteiger partial charge in [0.15, 0.2) is 0 Å². The summed E-state index contributed by atoms with van der Waals surface area (Å²) >= 11 is 0. The molecule has 2 aliphatic heterocycles. The van der Waals surface area contributed by atoms with Crippen molar-refractivity contribution >= 4 is 17.8 Å². The van der Waals surface area contributed by atoms with Gasteiger partial charge in [0.2, 0.25) is 11.8 Å². The second-order valence-corrected chi connectivity index (χ2v) is 6.11. The molecule has 1 aromatic rings. The minimum Gasteiger partial charge on any atom is -0.468 e. The molecule has 1 unspecified atom stereocenters. The summed E-state index contributed by atoms with van der Waals surface area (Å²) in [5.41, 5.74) is 1.08. The van der Waals surface area contributed by atoms with Crippen molar-refractivity contribution in [2.75, 3.05) is 7.11 Å². The van der Waals surface area contributed by atoms with Gasteiger partial charge in [0.05, 0.1) is 19.2 Å². The number of carbonyl (C=O) groups excluding carboxylic acids is 3. The summed E-state index contributed by atoms with van der Waals surface area (Å²) in [5.74, 6) is -1.82. The highest BCUT2D eigenvalue weighted by molar-refractivity contribution is 6.02. The van der Waals surface area contributed by atoms with Crippen LogP contribution in [0.3, 0.4) is 0 Å². The van der Waals surface area contributed by atoms with E-state index in [0.29, 0.717) is 12.8 Å². The lowest BCUT2D eigenvalue weighted by Crippen LogP contribution is -2.63. The van der Waals surface area contributed by atoms with E-state index in [-0.39, 0.29) is 23.9 Å². The molecule has 2 heterocycles. The Kier molecular flexibility index (Phi) is 4.07. The normalized spacial score (nSPS) is 29.9. The minimum absolute atomic E-state index is 0.180. The van der Waals surface area contributed by atoms with Gasteiger partial charge in [-0.05, 0) is 25.3 Å². The summed E-state index contributed by atoms with van der Waals surface area (Å²) in [6.45, 7) is 1.69. The van der Waals surface area contributed by atoms with Gasteiger partial charge in [-0.25, -0.2) is 0 Å². The molecular formula is C17H20N2O4. The van der Waals surface area contributed by atoms with E-state index in [2.05, 4.69) is 5.32 Å². The smallest absolute Gasteiger partial charge is 0.318 e. The van der Waals surface area contributed by atoms with Gasteiger partial charge in [0.25, 0.3) is 0 Å². The highest BCUT2D eigenvalue weighted by Gasteiger charge is 2.52. The van der Waals surface area contributed by atoms with Gasteiger partial charge in [0.1, 0.15) is 12.0 Å². The lowest BCUT2D eigenvalue weighted by molar-refractivity contribution is -0.153. The number of benzene rings is 1. The van der Waals surface area contributed by atoms with Crippen LogP contribution in [-0.4, -0.2) is 47.9 Å². The van der Waals surface area contributed by atoms with Crippen LogP contribution in [0.4, 0.5) is 0 Å². The lowest BCUT2D eigenvalue weighted by Gasteiger charge is -2.41. The molecule has 0 bridgehead atoms. The molecule has 1 N–H and O–H groups in total. The van der Waals surface area contributed by atoms with Gasteiger partial charge in [-0.15, -0.1) is 0 Å². The molecule has 0 aromatic heterocycles. The first kappa shape index (κ1) is 15.5. The van der Waals surface area contributed by atoms with E-state index in [0.717, 1.165) is 5.56 Å². The Bertz CT molecular complexity index is 631. The molecule has 2 fully saturated rings. The molecule has 2 aliphatic rings. The molecule has 3 rings (SSSR count). The van der Waals surface area contributed by atoms with Gasteiger partial charge < -0.3 is 15.0 Å². The minimum atomic E-state index is -0.807. The molecule has 2 amide bonds. The van der Waals surface area contributed by atoms with Crippen molar-refractivity contribution < 1.29 is 19.1 Å². The Morgan fingerprint density at radius 3 is 2.65 bits per heavy atom. The Hall–Kier alpha value is -2.37. The third-order valence-electron chi connectivity index (χ3n) is 4.76. The molecule has 0 saturated carbocycles. The van der Waals surface area contributed by atoms with E-state index in [4.69, 9.17) is 4.74 Å². The second kappa shape index (κ2) is 6.02. The molecular weight excluding hydrogens is 296 g/mol. The molecule has 122 valence electrons. The zero-order valence-electron chi connectivity index (χ0n) is 13.2. The number of ether oxygens (including phenoxy) is 1. The van der Waals surface area contributed by atoms with Crippen LogP contribution in [0.25, 0.3) is 0 Å². The number of carbonyl (C=O) groups is 3. The Balaban J connectivity index is 1.86. The first-order valence-electron chi connectivity index (χ1n) is 7.77. The molecule has 6 heteroatoms. The monoisotopic (exact) mass is 316 g/mol. The van der Waals surface area contributed by atoms with Crippen molar-refractivity contribution in [1.82, 2.24) is 10.2 Å².